The van der Waals surface area contributed by atoms with Crippen molar-refractivity contribution in [3.8, 4) is 11.5 Å². The molecule has 0 spiro atoms. The first-order chi connectivity index (χ1) is 15.5. The maximum Gasteiger partial charge on any atom is 0.307 e. The summed E-state index contributed by atoms with van der Waals surface area (Å²) < 4.78 is 13.0. The largest absolute Gasteiger partial charge is 0.497 e. The Kier molecular flexibility index (Phi) is 6.03. The maximum atomic E-state index is 11.3. The normalized spacial score (nSPS) is 10.8. The number of rotatable bonds is 8. The summed E-state index contributed by atoms with van der Waals surface area (Å²) in [5, 5.41) is 10.3. The lowest BCUT2D eigenvalue weighted by molar-refractivity contribution is -0.136. The van der Waals surface area contributed by atoms with Crippen molar-refractivity contribution in [2.45, 2.75) is 13.0 Å². The maximum absolute atomic E-state index is 11.3. The summed E-state index contributed by atoms with van der Waals surface area (Å²) in [4.78, 5) is 13.4. The third-order valence-corrected chi connectivity index (χ3v) is 5.61. The summed E-state index contributed by atoms with van der Waals surface area (Å²) in [5.41, 5.74) is 4.87. The minimum Gasteiger partial charge on any atom is -0.497 e. The van der Waals surface area contributed by atoms with Crippen LogP contribution in [-0.4, -0.2) is 36.9 Å². The molecule has 4 rings (SSSR count). The molecule has 0 aliphatic carbocycles. The Hall–Kier alpha value is -3.93. The van der Waals surface area contributed by atoms with Crippen LogP contribution >= 0.6 is 0 Å². The summed E-state index contributed by atoms with van der Waals surface area (Å²) >= 11 is 0. The molecule has 3 aromatic carbocycles. The minimum absolute atomic E-state index is 0.00588. The zero-order valence-electron chi connectivity index (χ0n) is 18.4. The SMILES string of the molecule is COc1ccc(OC)c(N(C)c2cccc(Cn3cc(CC(=O)O)c4ccccc43)c2)c1. The van der Waals surface area contributed by atoms with Gasteiger partial charge in [0.2, 0.25) is 0 Å². The molecule has 0 saturated heterocycles. The van der Waals surface area contributed by atoms with Crippen LogP contribution in [0.4, 0.5) is 11.4 Å². The first-order valence-electron chi connectivity index (χ1n) is 10.3. The highest BCUT2D eigenvalue weighted by Crippen LogP contribution is 2.36. The van der Waals surface area contributed by atoms with Crippen molar-refractivity contribution in [2.75, 3.05) is 26.2 Å². The molecule has 0 atom stereocenters. The number of benzene rings is 3. The Morgan fingerprint density at radius 1 is 1.00 bits per heavy atom. The second kappa shape index (κ2) is 9.06. The smallest absolute Gasteiger partial charge is 0.307 e. The van der Waals surface area contributed by atoms with Crippen LogP contribution in [0.2, 0.25) is 0 Å². The molecular weight excluding hydrogens is 404 g/mol. The molecule has 164 valence electrons. The summed E-state index contributed by atoms with van der Waals surface area (Å²) in [7, 11) is 5.29. The van der Waals surface area contributed by atoms with Crippen LogP contribution in [0.5, 0.6) is 11.5 Å². The number of hydrogen-bond donors (Lipinski definition) is 1. The van der Waals surface area contributed by atoms with Crippen LogP contribution in [0.15, 0.2) is 72.9 Å². The number of aromatic nitrogens is 1. The molecule has 1 aromatic heterocycles. The van der Waals surface area contributed by atoms with Crippen LogP contribution in [-0.2, 0) is 17.8 Å². The highest BCUT2D eigenvalue weighted by Gasteiger charge is 2.14. The highest BCUT2D eigenvalue weighted by molar-refractivity contribution is 5.87. The first kappa shape index (κ1) is 21.3. The fourth-order valence-corrected chi connectivity index (χ4v) is 4.02. The summed E-state index contributed by atoms with van der Waals surface area (Å²) in [6.07, 6.45) is 1.95. The van der Waals surface area contributed by atoms with E-state index in [4.69, 9.17) is 9.47 Å². The van der Waals surface area contributed by atoms with Gasteiger partial charge in [0, 0.05) is 42.4 Å². The highest BCUT2D eigenvalue weighted by atomic mass is 16.5. The zero-order chi connectivity index (χ0) is 22.7. The number of anilines is 2. The minimum atomic E-state index is -0.830. The molecule has 6 heteroatoms. The van der Waals surface area contributed by atoms with Gasteiger partial charge < -0.3 is 24.0 Å². The second-order valence-electron chi connectivity index (χ2n) is 7.64. The Labute approximate surface area is 187 Å². The van der Waals surface area contributed by atoms with Crippen molar-refractivity contribution >= 4 is 28.2 Å². The molecule has 0 fully saturated rings. The average Bonchev–Trinajstić information content (AvgIpc) is 3.14. The quantitative estimate of drug-likeness (QED) is 0.421. The van der Waals surface area contributed by atoms with E-state index in [-0.39, 0.29) is 6.42 Å². The Balaban J connectivity index is 1.67. The van der Waals surface area contributed by atoms with E-state index in [1.807, 2.05) is 67.8 Å². The van der Waals surface area contributed by atoms with Crippen molar-refractivity contribution in [3.63, 3.8) is 0 Å². The lowest BCUT2D eigenvalue weighted by Gasteiger charge is -2.23. The van der Waals surface area contributed by atoms with Crippen molar-refractivity contribution in [1.29, 1.82) is 0 Å². The number of nitrogens with zero attached hydrogens (tertiary/aromatic N) is 2. The van der Waals surface area contributed by atoms with Gasteiger partial charge in [-0.2, -0.15) is 0 Å². The molecule has 0 aliphatic heterocycles. The second-order valence-corrected chi connectivity index (χ2v) is 7.64. The zero-order valence-corrected chi connectivity index (χ0v) is 18.4. The number of methoxy groups -OCH3 is 2. The van der Waals surface area contributed by atoms with Crippen LogP contribution in [0.3, 0.4) is 0 Å². The van der Waals surface area contributed by atoms with E-state index in [2.05, 4.69) is 21.6 Å². The van der Waals surface area contributed by atoms with Gasteiger partial charge in [-0.1, -0.05) is 30.3 Å². The Bertz CT molecular complexity index is 1260. The van der Waals surface area contributed by atoms with E-state index >= 15 is 0 Å². The average molecular weight is 431 g/mol. The number of ether oxygens (including phenoxy) is 2. The molecule has 0 aliphatic rings. The molecule has 1 heterocycles. The van der Waals surface area contributed by atoms with Crippen molar-refractivity contribution in [3.05, 3.63) is 84.1 Å². The predicted molar refractivity (Wildman–Crippen MR) is 126 cm³/mol. The molecule has 4 aromatic rings. The van der Waals surface area contributed by atoms with E-state index in [0.717, 1.165) is 44.9 Å². The van der Waals surface area contributed by atoms with Gasteiger partial charge in [-0.15, -0.1) is 0 Å². The van der Waals surface area contributed by atoms with Crippen LogP contribution in [0.1, 0.15) is 11.1 Å². The summed E-state index contributed by atoms with van der Waals surface area (Å²) in [5.74, 6) is 0.686. The van der Waals surface area contributed by atoms with E-state index in [9.17, 15) is 9.90 Å². The standard InChI is InChI=1S/C26H26N2O4/c1-27(24-15-21(31-2)11-12-25(24)32-3)20-8-6-7-18(13-20)16-28-17-19(14-26(29)30)22-9-4-5-10-23(22)28/h4-13,15,17H,14,16H2,1-3H3,(H,29,30). The molecule has 6 nitrogen and oxygen atoms in total. The molecule has 1 N–H and O–H groups in total. The van der Waals surface area contributed by atoms with Gasteiger partial charge in [-0.05, 0) is 41.5 Å². The number of carboxylic acids is 1. The Morgan fingerprint density at radius 2 is 1.81 bits per heavy atom. The number of fused-ring (bicyclic) bond motifs is 1. The summed E-state index contributed by atoms with van der Waals surface area (Å²) in [6, 6.07) is 21.9. The number of carboxylic acid groups (broad SMARTS) is 1. The van der Waals surface area contributed by atoms with Crippen molar-refractivity contribution in [2.24, 2.45) is 0 Å². The lowest BCUT2D eigenvalue weighted by Crippen LogP contribution is -2.11. The van der Waals surface area contributed by atoms with Gasteiger partial charge in [-0.3, -0.25) is 4.79 Å². The predicted octanol–water partition coefficient (Wildman–Crippen LogP) is 5.10. The van der Waals surface area contributed by atoms with Gasteiger partial charge in [0.15, 0.2) is 0 Å². The van der Waals surface area contributed by atoms with Gasteiger partial charge >= 0.3 is 5.97 Å². The van der Waals surface area contributed by atoms with Crippen LogP contribution < -0.4 is 14.4 Å². The van der Waals surface area contributed by atoms with Crippen LogP contribution in [0.25, 0.3) is 10.9 Å². The van der Waals surface area contributed by atoms with Crippen LogP contribution in [0, 0.1) is 0 Å². The topological polar surface area (TPSA) is 63.9 Å². The summed E-state index contributed by atoms with van der Waals surface area (Å²) in [6.45, 7) is 0.636. The van der Waals surface area contributed by atoms with E-state index < -0.39 is 5.97 Å². The van der Waals surface area contributed by atoms with Gasteiger partial charge in [0.05, 0.1) is 26.3 Å². The van der Waals surface area contributed by atoms with Crippen molar-refractivity contribution in [1.82, 2.24) is 4.57 Å². The molecule has 32 heavy (non-hydrogen) atoms. The van der Waals surface area contributed by atoms with Gasteiger partial charge in [-0.25, -0.2) is 0 Å². The fraction of sp³-hybridized carbons (Fsp3) is 0.192. The van der Waals surface area contributed by atoms with E-state index in [0.29, 0.717) is 6.54 Å². The molecule has 0 radical (unpaired) electrons. The molecule has 0 amide bonds. The molecular formula is C26H26N2O4. The third kappa shape index (κ3) is 4.25. The molecule has 0 unspecified atom stereocenters. The Morgan fingerprint density at radius 3 is 2.56 bits per heavy atom. The van der Waals surface area contributed by atoms with Gasteiger partial charge in [0.25, 0.3) is 0 Å². The monoisotopic (exact) mass is 430 g/mol. The van der Waals surface area contributed by atoms with E-state index in [1.165, 1.54) is 0 Å². The lowest BCUT2D eigenvalue weighted by atomic mass is 10.1. The first-order valence-corrected chi connectivity index (χ1v) is 10.3. The number of aliphatic carboxylic acids is 1. The number of para-hydroxylation sites is 1. The molecule has 0 bridgehead atoms. The fourth-order valence-electron chi connectivity index (χ4n) is 4.02. The number of hydrogen-bond acceptors (Lipinski definition) is 4. The van der Waals surface area contributed by atoms with Gasteiger partial charge in [0.1, 0.15) is 11.5 Å². The van der Waals surface area contributed by atoms with Crippen molar-refractivity contribution < 1.29 is 19.4 Å². The molecule has 0 saturated carbocycles. The van der Waals surface area contributed by atoms with E-state index in [1.54, 1.807) is 14.2 Å². The third-order valence-electron chi connectivity index (χ3n) is 5.61. The number of carbonyl (C=O) groups is 1.